The van der Waals surface area contributed by atoms with E-state index in [0.717, 1.165) is 0 Å². The molecule has 0 radical (unpaired) electrons. The van der Waals surface area contributed by atoms with Crippen molar-refractivity contribution in [2.75, 3.05) is 13.2 Å². The molecular formula is C30H46B2F4O8. The van der Waals surface area contributed by atoms with Crippen LogP contribution in [0.4, 0.5) is 17.6 Å². The molecule has 0 amide bonds. The molecule has 4 aliphatic rings. The van der Waals surface area contributed by atoms with E-state index in [1.165, 1.54) is 19.9 Å². The molecule has 2 saturated heterocycles. The molecule has 2 fully saturated rings. The number of esters is 2. The van der Waals surface area contributed by atoms with Crippen LogP contribution in [0.3, 0.4) is 0 Å². The van der Waals surface area contributed by atoms with E-state index in [-0.39, 0.29) is 32.5 Å². The number of rotatable bonds is 8. The lowest BCUT2D eigenvalue weighted by Gasteiger charge is -2.32. The van der Waals surface area contributed by atoms with Crippen LogP contribution in [0.25, 0.3) is 0 Å². The summed E-state index contributed by atoms with van der Waals surface area (Å²) in [5.41, 5.74) is -0.707. The van der Waals surface area contributed by atoms with Gasteiger partial charge in [0, 0.05) is 5.92 Å². The Balaban J connectivity index is 0.000000240. The normalized spacial score (nSPS) is 27.0. The Bertz CT molecular complexity index is 1120. The molecule has 0 aromatic rings. The minimum absolute atomic E-state index is 0.0569. The Morgan fingerprint density at radius 3 is 1.61 bits per heavy atom. The second-order valence-corrected chi connectivity index (χ2v) is 13.7. The first-order valence-electron chi connectivity index (χ1n) is 15.2. The predicted octanol–water partition coefficient (Wildman–Crippen LogP) is 6.31. The number of alkyl halides is 4. The van der Waals surface area contributed by atoms with Crippen LogP contribution in [0.15, 0.2) is 23.1 Å². The molecule has 0 aromatic heterocycles. The molecule has 2 heterocycles. The molecule has 2 aliphatic heterocycles. The van der Waals surface area contributed by atoms with E-state index < -0.39 is 72.3 Å². The molecule has 0 aromatic carbocycles. The van der Waals surface area contributed by atoms with E-state index >= 15 is 0 Å². The zero-order valence-corrected chi connectivity index (χ0v) is 27.5. The topological polar surface area (TPSA) is 89.5 Å². The number of carbonyl (C=O) groups excluding carboxylic acids is 2. The molecule has 14 heteroatoms. The van der Waals surface area contributed by atoms with Gasteiger partial charge < -0.3 is 28.1 Å². The van der Waals surface area contributed by atoms with E-state index in [1.807, 2.05) is 55.4 Å². The molecule has 0 saturated carbocycles. The lowest BCUT2D eigenvalue weighted by molar-refractivity contribution is -0.179. The first-order chi connectivity index (χ1) is 20.0. The molecule has 2 unspecified atom stereocenters. The van der Waals surface area contributed by atoms with Crippen molar-refractivity contribution >= 4 is 26.2 Å². The molecule has 0 N–H and O–H groups in total. The number of hydrogen-bond donors (Lipinski definition) is 0. The Kier molecular flexibility index (Phi) is 10.6. The summed E-state index contributed by atoms with van der Waals surface area (Å²) in [6.45, 7) is 18.2. The monoisotopic (exact) mass is 632 g/mol. The summed E-state index contributed by atoms with van der Waals surface area (Å²) in [6, 6.07) is 0. The van der Waals surface area contributed by atoms with Crippen molar-refractivity contribution in [2.45, 2.75) is 129 Å². The van der Waals surface area contributed by atoms with Crippen molar-refractivity contribution in [1.29, 1.82) is 0 Å². The molecule has 0 spiro atoms. The van der Waals surface area contributed by atoms with Crippen LogP contribution in [0.5, 0.6) is 0 Å². The quantitative estimate of drug-likeness (QED) is 0.175. The lowest BCUT2D eigenvalue weighted by Crippen LogP contribution is -2.41. The molecule has 4 rings (SSSR count). The maximum absolute atomic E-state index is 14.1. The first-order valence-corrected chi connectivity index (χ1v) is 15.2. The summed E-state index contributed by atoms with van der Waals surface area (Å²) < 4.78 is 88.7. The lowest BCUT2D eigenvalue weighted by atomic mass is 9.76. The minimum atomic E-state index is -3.51. The highest BCUT2D eigenvalue weighted by molar-refractivity contribution is 6.55. The molecule has 8 nitrogen and oxygen atoms in total. The summed E-state index contributed by atoms with van der Waals surface area (Å²) in [5.74, 6) is -12.2. The van der Waals surface area contributed by atoms with E-state index in [4.69, 9.17) is 18.6 Å². The Hall–Kier alpha value is -1.89. The van der Waals surface area contributed by atoms with Crippen molar-refractivity contribution in [3.63, 3.8) is 0 Å². The second-order valence-electron chi connectivity index (χ2n) is 13.7. The van der Waals surface area contributed by atoms with Gasteiger partial charge in [-0.15, -0.1) is 0 Å². The molecule has 44 heavy (non-hydrogen) atoms. The molecular weight excluding hydrogens is 586 g/mol. The largest absolute Gasteiger partial charge is 0.490 e. The van der Waals surface area contributed by atoms with Crippen molar-refractivity contribution in [2.24, 2.45) is 11.8 Å². The van der Waals surface area contributed by atoms with Crippen LogP contribution in [-0.4, -0.2) is 73.6 Å². The van der Waals surface area contributed by atoms with Crippen LogP contribution in [0.2, 0.25) is 0 Å². The maximum Gasteiger partial charge on any atom is 0.490 e. The number of ether oxygens (including phenoxy) is 2. The van der Waals surface area contributed by atoms with Gasteiger partial charge in [-0.05, 0) is 106 Å². The van der Waals surface area contributed by atoms with Crippen LogP contribution in [0.1, 0.15) is 94.9 Å². The van der Waals surface area contributed by atoms with Crippen LogP contribution >= 0.6 is 0 Å². The Morgan fingerprint density at radius 2 is 1.18 bits per heavy atom. The van der Waals surface area contributed by atoms with Gasteiger partial charge in [-0.2, -0.15) is 17.6 Å². The van der Waals surface area contributed by atoms with Gasteiger partial charge in [0.1, 0.15) is 0 Å². The molecule has 0 bridgehead atoms. The van der Waals surface area contributed by atoms with Gasteiger partial charge in [0.2, 0.25) is 0 Å². The number of allylic oxidation sites excluding steroid dienone is 4. The smallest absolute Gasteiger partial charge is 0.462 e. The van der Waals surface area contributed by atoms with Gasteiger partial charge >= 0.3 is 38.0 Å². The van der Waals surface area contributed by atoms with Crippen molar-refractivity contribution in [3.05, 3.63) is 23.1 Å². The minimum Gasteiger partial charge on any atom is -0.462 e. The molecule has 2 atom stereocenters. The van der Waals surface area contributed by atoms with Crippen molar-refractivity contribution in [1.82, 2.24) is 0 Å². The van der Waals surface area contributed by atoms with Gasteiger partial charge in [-0.1, -0.05) is 12.2 Å². The fourth-order valence-electron chi connectivity index (χ4n) is 5.20. The summed E-state index contributed by atoms with van der Waals surface area (Å²) in [5, 5.41) is 0. The van der Waals surface area contributed by atoms with Crippen LogP contribution in [0, 0.1) is 11.8 Å². The van der Waals surface area contributed by atoms with Crippen LogP contribution < -0.4 is 0 Å². The first kappa shape index (κ1) is 36.6. The third kappa shape index (κ3) is 7.23. The summed E-state index contributed by atoms with van der Waals surface area (Å²) in [6.07, 6.45) is 3.91. The Morgan fingerprint density at radius 1 is 0.773 bits per heavy atom. The second kappa shape index (κ2) is 12.7. The highest BCUT2D eigenvalue weighted by Crippen LogP contribution is 2.46. The number of carbonyl (C=O) groups is 2. The molecule has 2 aliphatic carbocycles. The average molecular weight is 632 g/mol. The van der Waals surface area contributed by atoms with Gasteiger partial charge in [-0.25, -0.2) is 9.59 Å². The van der Waals surface area contributed by atoms with E-state index in [0.29, 0.717) is 17.4 Å². The third-order valence-electron chi connectivity index (χ3n) is 9.49. The summed E-state index contributed by atoms with van der Waals surface area (Å²) >= 11 is 0. The van der Waals surface area contributed by atoms with Crippen LogP contribution in [-0.2, 0) is 37.7 Å². The SMILES string of the molecule is CCOC(=O)C(F)(F)C1C=C(B2OC(C)(C)C(C)(C)O2)CC1.CCOC(=O)C(F)(F)C1CC=C(B2OC(C)(C)C(C)(C)O2)C1. The Labute approximate surface area is 258 Å². The zero-order chi connectivity index (χ0) is 33.5. The predicted molar refractivity (Wildman–Crippen MR) is 157 cm³/mol. The standard InChI is InChI=1S/2C15H23BF2O4/c2*1-6-20-12(19)15(17,18)10-7-8-11(9-10)16-21-13(2,3)14(4,5)22-16/h9-10H,6-8H2,1-5H3;8,10H,6-7,9H2,1-5H3. The third-order valence-corrected chi connectivity index (χ3v) is 9.49. The highest BCUT2D eigenvalue weighted by Gasteiger charge is 2.57. The maximum atomic E-state index is 14.1. The van der Waals surface area contributed by atoms with E-state index in [1.54, 1.807) is 6.08 Å². The van der Waals surface area contributed by atoms with E-state index in [2.05, 4.69) is 9.47 Å². The highest BCUT2D eigenvalue weighted by atomic mass is 19.3. The molecule has 248 valence electrons. The fraction of sp³-hybridized carbons (Fsp3) is 0.800. The van der Waals surface area contributed by atoms with Gasteiger partial charge in [-0.3, -0.25) is 0 Å². The zero-order valence-electron chi connectivity index (χ0n) is 27.5. The van der Waals surface area contributed by atoms with Gasteiger partial charge in [0.25, 0.3) is 0 Å². The van der Waals surface area contributed by atoms with Gasteiger partial charge in [0.15, 0.2) is 0 Å². The average Bonchev–Trinajstić information content (AvgIpc) is 3.65. The fourth-order valence-corrected chi connectivity index (χ4v) is 5.20. The summed E-state index contributed by atoms with van der Waals surface area (Å²) in [4.78, 5) is 22.9. The van der Waals surface area contributed by atoms with Crippen molar-refractivity contribution < 1.29 is 55.2 Å². The summed E-state index contributed by atoms with van der Waals surface area (Å²) in [7, 11) is -1.26. The van der Waals surface area contributed by atoms with Gasteiger partial charge in [0.05, 0.1) is 41.5 Å². The van der Waals surface area contributed by atoms with E-state index in [9.17, 15) is 27.2 Å². The number of hydrogen-bond acceptors (Lipinski definition) is 8. The number of halogens is 4. The van der Waals surface area contributed by atoms with Crippen molar-refractivity contribution in [3.8, 4) is 0 Å².